The molecular weight excluding hydrogens is 216 g/mol. The van der Waals surface area contributed by atoms with Crippen molar-refractivity contribution in [3.05, 3.63) is 0 Å². The second-order valence-corrected chi connectivity index (χ2v) is 8.13. The third-order valence-corrected chi connectivity index (χ3v) is 4.77. The second-order valence-electron chi connectivity index (χ2n) is 6.33. The molecule has 0 aromatic rings. The first-order valence-corrected chi connectivity index (χ1v) is 7.37. The Hall–Kier alpha value is 0.270. The lowest BCUT2D eigenvalue weighted by Gasteiger charge is -2.48. The number of nitrogens with zero attached hydrogens (tertiary/aromatic N) is 1. The minimum absolute atomic E-state index is 0.187. The average Bonchev–Trinajstić information content (AvgIpc) is 2.15. The molecular formula is C13H28N2S. The molecule has 0 saturated carbocycles. The van der Waals surface area contributed by atoms with Crippen LogP contribution in [0.3, 0.4) is 0 Å². The Balaban J connectivity index is 2.71. The van der Waals surface area contributed by atoms with Gasteiger partial charge >= 0.3 is 0 Å². The topological polar surface area (TPSA) is 29.3 Å². The zero-order valence-electron chi connectivity index (χ0n) is 11.5. The quantitative estimate of drug-likeness (QED) is 0.824. The lowest BCUT2D eigenvalue weighted by Crippen LogP contribution is -2.58. The van der Waals surface area contributed by atoms with Gasteiger partial charge in [-0.3, -0.25) is 4.90 Å². The largest absolute Gasteiger partial charge is 0.329 e. The Morgan fingerprint density at radius 3 is 2.50 bits per heavy atom. The molecule has 1 fully saturated rings. The third-order valence-electron chi connectivity index (χ3n) is 3.48. The summed E-state index contributed by atoms with van der Waals surface area (Å²) >= 11 is 2.09. The number of thioether (sulfide) groups is 1. The molecule has 1 rings (SSSR count). The van der Waals surface area contributed by atoms with Gasteiger partial charge in [-0.05, 0) is 33.1 Å². The molecule has 1 atom stereocenters. The van der Waals surface area contributed by atoms with Gasteiger partial charge in [0.05, 0.1) is 0 Å². The molecule has 1 unspecified atom stereocenters. The molecule has 0 bridgehead atoms. The number of nitrogens with two attached hydrogens (primary N) is 1. The SMILES string of the molecule is CC(C)CC(C)(CN)N1CCSC(C)(C)C1. The van der Waals surface area contributed by atoms with Gasteiger partial charge in [0.25, 0.3) is 0 Å². The molecule has 0 aliphatic carbocycles. The molecule has 1 saturated heterocycles. The van der Waals surface area contributed by atoms with Crippen molar-refractivity contribution in [2.75, 3.05) is 25.4 Å². The van der Waals surface area contributed by atoms with Crippen LogP contribution >= 0.6 is 11.8 Å². The van der Waals surface area contributed by atoms with Gasteiger partial charge in [-0.1, -0.05) is 13.8 Å². The van der Waals surface area contributed by atoms with Crippen LogP contribution in [0.25, 0.3) is 0 Å². The van der Waals surface area contributed by atoms with E-state index in [4.69, 9.17) is 5.73 Å². The minimum Gasteiger partial charge on any atom is -0.329 e. The first kappa shape index (κ1) is 14.3. The number of hydrogen-bond acceptors (Lipinski definition) is 3. The lowest BCUT2D eigenvalue weighted by atomic mass is 9.88. The standard InChI is InChI=1S/C13H28N2S/c1-11(2)8-13(5,9-14)15-6-7-16-12(3,4)10-15/h11H,6-10,14H2,1-5H3. The number of hydrogen-bond donors (Lipinski definition) is 1. The van der Waals surface area contributed by atoms with Crippen LogP contribution in [0, 0.1) is 5.92 Å². The predicted molar refractivity (Wildman–Crippen MR) is 75.0 cm³/mol. The van der Waals surface area contributed by atoms with Gasteiger partial charge in [-0.25, -0.2) is 0 Å². The summed E-state index contributed by atoms with van der Waals surface area (Å²) in [7, 11) is 0. The van der Waals surface area contributed by atoms with Crippen molar-refractivity contribution < 1.29 is 0 Å². The molecule has 2 nitrogen and oxygen atoms in total. The van der Waals surface area contributed by atoms with E-state index in [2.05, 4.69) is 51.3 Å². The first-order valence-electron chi connectivity index (χ1n) is 6.38. The van der Waals surface area contributed by atoms with Crippen molar-refractivity contribution in [3.63, 3.8) is 0 Å². The van der Waals surface area contributed by atoms with Crippen LogP contribution in [0.2, 0.25) is 0 Å². The van der Waals surface area contributed by atoms with E-state index >= 15 is 0 Å². The van der Waals surface area contributed by atoms with Gasteiger partial charge in [0.2, 0.25) is 0 Å². The van der Waals surface area contributed by atoms with Crippen molar-refractivity contribution in [1.29, 1.82) is 0 Å². The summed E-state index contributed by atoms with van der Waals surface area (Å²) in [6.07, 6.45) is 1.20. The highest BCUT2D eigenvalue weighted by Crippen LogP contribution is 2.34. The lowest BCUT2D eigenvalue weighted by molar-refractivity contribution is 0.0838. The Kier molecular flexibility index (Phi) is 4.73. The van der Waals surface area contributed by atoms with Crippen LogP contribution < -0.4 is 5.73 Å². The minimum atomic E-state index is 0.187. The van der Waals surface area contributed by atoms with Crippen molar-refractivity contribution in [2.45, 2.75) is 51.3 Å². The maximum atomic E-state index is 6.03. The Bertz CT molecular complexity index is 228. The summed E-state index contributed by atoms with van der Waals surface area (Å²) in [6, 6.07) is 0. The zero-order chi connectivity index (χ0) is 12.4. The highest BCUT2D eigenvalue weighted by atomic mass is 32.2. The fourth-order valence-electron chi connectivity index (χ4n) is 2.70. The van der Waals surface area contributed by atoms with Crippen LogP contribution in [0.15, 0.2) is 0 Å². The summed E-state index contributed by atoms with van der Waals surface area (Å²) in [4.78, 5) is 2.61. The van der Waals surface area contributed by atoms with Gasteiger partial charge in [-0.15, -0.1) is 0 Å². The van der Waals surface area contributed by atoms with E-state index in [1.54, 1.807) is 0 Å². The van der Waals surface area contributed by atoms with Crippen molar-refractivity contribution >= 4 is 11.8 Å². The van der Waals surface area contributed by atoms with E-state index in [1.165, 1.54) is 18.7 Å². The van der Waals surface area contributed by atoms with E-state index in [9.17, 15) is 0 Å². The third kappa shape index (κ3) is 3.64. The molecule has 1 aliphatic rings. The molecule has 3 heteroatoms. The monoisotopic (exact) mass is 244 g/mol. The maximum absolute atomic E-state index is 6.03. The number of rotatable bonds is 4. The molecule has 0 aromatic heterocycles. The van der Waals surface area contributed by atoms with Crippen molar-refractivity contribution in [3.8, 4) is 0 Å². The molecule has 0 radical (unpaired) electrons. The van der Waals surface area contributed by atoms with Gasteiger partial charge in [-0.2, -0.15) is 11.8 Å². The smallest absolute Gasteiger partial charge is 0.0306 e. The van der Waals surface area contributed by atoms with Crippen LogP contribution in [-0.4, -0.2) is 40.6 Å². The molecule has 0 spiro atoms. The second kappa shape index (κ2) is 5.28. The summed E-state index contributed by atoms with van der Waals surface area (Å²) in [5, 5.41) is 0. The fraction of sp³-hybridized carbons (Fsp3) is 1.00. The fourth-order valence-corrected chi connectivity index (χ4v) is 3.81. The van der Waals surface area contributed by atoms with Crippen molar-refractivity contribution in [1.82, 2.24) is 4.90 Å². The average molecular weight is 244 g/mol. The molecule has 1 aliphatic heterocycles. The summed E-state index contributed by atoms with van der Waals surface area (Å²) in [5.41, 5.74) is 6.21. The van der Waals surface area contributed by atoms with Gasteiger partial charge in [0.1, 0.15) is 0 Å². The highest BCUT2D eigenvalue weighted by molar-refractivity contribution is 8.00. The summed E-state index contributed by atoms with van der Waals surface area (Å²) in [5.74, 6) is 1.95. The molecule has 0 aromatic carbocycles. The molecule has 16 heavy (non-hydrogen) atoms. The van der Waals surface area contributed by atoms with E-state index in [0.717, 1.165) is 13.1 Å². The van der Waals surface area contributed by atoms with E-state index in [-0.39, 0.29) is 5.54 Å². The summed E-state index contributed by atoms with van der Waals surface area (Å²) < 4.78 is 0.381. The van der Waals surface area contributed by atoms with Crippen LogP contribution in [0.1, 0.15) is 41.0 Å². The first-order chi connectivity index (χ1) is 7.29. The van der Waals surface area contributed by atoms with Gasteiger partial charge < -0.3 is 5.73 Å². The maximum Gasteiger partial charge on any atom is 0.0306 e. The molecule has 96 valence electrons. The Morgan fingerprint density at radius 1 is 1.44 bits per heavy atom. The Labute approximate surface area is 105 Å². The zero-order valence-corrected chi connectivity index (χ0v) is 12.4. The van der Waals surface area contributed by atoms with E-state index in [0.29, 0.717) is 10.7 Å². The predicted octanol–water partition coefficient (Wildman–Crippen LogP) is 2.58. The normalized spacial score (nSPS) is 25.7. The van der Waals surface area contributed by atoms with Crippen LogP contribution in [0.5, 0.6) is 0 Å². The van der Waals surface area contributed by atoms with Crippen LogP contribution in [0.4, 0.5) is 0 Å². The van der Waals surface area contributed by atoms with Gasteiger partial charge in [0, 0.05) is 35.7 Å². The van der Waals surface area contributed by atoms with Gasteiger partial charge in [0.15, 0.2) is 0 Å². The molecule has 1 heterocycles. The highest BCUT2D eigenvalue weighted by Gasteiger charge is 2.37. The molecule has 0 amide bonds. The molecule has 2 N–H and O–H groups in total. The van der Waals surface area contributed by atoms with Crippen LogP contribution in [-0.2, 0) is 0 Å². The van der Waals surface area contributed by atoms with E-state index < -0.39 is 0 Å². The Morgan fingerprint density at radius 2 is 2.06 bits per heavy atom. The summed E-state index contributed by atoms with van der Waals surface area (Å²) in [6.45, 7) is 14.7. The van der Waals surface area contributed by atoms with Crippen molar-refractivity contribution in [2.24, 2.45) is 11.7 Å². The van der Waals surface area contributed by atoms with E-state index in [1.807, 2.05) is 0 Å².